The Kier molecular flexibility index (Phi) is 7.36. The molecule has 1 aliphatic carbocycles. The zero-order valence-corrected chi connectivity index (χ0v) is 24.1. The number of nitrogens with zero attached hydrogens (tertiary/aromatic N) is 7. The molecule has 4 heterocycles. The average Bonchev–Trinajstić information content (AvgIpc) is 3.52. The van der Waals surface area contributed by atoms with Crippen molar-refractivity contribution in [3.05, 3.63) is 75.8 Å². The summed E-state index contributed by atoms with van der Waals surface area (Å²) in [5.74, 6) is -0.594. The number of amides is 2. The second-order valence-electron chi connectivity index (χ2n) is 10.8. The molecule has 1 N–H and O–H groups in total. The molecule has 222 valence electrons. The van der Waals surface area contributed by atoms with Crippen molar-refractivity contribution in [2.75, 3.05) is 16.8 Å². The number of benzene rings is 1. The number of rotatable bonds is 7. The van der Waals surface area contributed by atoms with Gasteiger partial charge in [-0.15, -0.1) is 5.10 Å². The SMILES string of the molecule is Cc1c(C(C)n2cc(NC(=O)c3cncc(-c4c(C(F)F)ccc(Cl)c4F)n3)cn2)nnc(N2C[C@H]3CC[C@H]3C2=O)c1C. The predicted molar refractivity (Wildman–Crippen MR) is 151 cm³/mol. The van der Waals surface area contributed by atoms with Crippen LogP contribution in [0.2, 0.25) is 5.02 Å². The van der Waals surface area contributed by atoms with Crippen molar-refractivity contribution < 1.29 is 22.8 Å². The average molecular weight is 611 g/mol. The topological polar surface area (TPSA) is 119 Å². The number of alkyl halides is 2. The molecular formula is C29H26ClF3N8O2. The Balaban J connectivity index is 1.20. The van der Waals surface area contributed by atoms with Gasteiger partial charge in [0.05, 0.1) is 46.7 Å². The molecule has 1 saturated heterocycles. The first kappa shape index (κ1) is 28.7. The molecule has 0 radical (unpaired) electrons. The number of carbonyl (C=O) groups excluding carboxylic acids is 2. The van der Waals surface area contributed by atoms with E-state index in [1.165, 1.54) is 6.20 Å². The van der Waals surface area contributed by atoms with Gasteiger partial charge in [0.2, 0.25) is 5.91 Å². The Labute approximate surface area is 249 Å². The molecule has 2 amide bonds. The number of anilines is 2. The number of hydrogen-bond donors (Lipinski definition) is 1. The molecule has 14 heteroatoms. The largest absolute Gasteiger partial charge is 0.318 e. The lowest BCUT2D eigenvalue weighted by molar-refractivity contribution is -0.123. The molecule has 1 unspecified atom stereocenters. The summed E-state index contributed by atoms with van der Waals surface area (Å²) in [6.07, 6.45) is 4.23. The number of nitrogens with one attached hydrogen (secondary N) is 1. The van der Waals surface area contributed by atoms with Gasteiger partial charge in [0, 0.05) is 29.8 Å². The highest BCUT2D eigenvalue weighted by molar-refractivity contribution is 6.31. The van der Waals surface area contributed by atoms with Crippen molar-refractivity contribution in [1.29, 1.82) is 0 Å². The lowest BCUT2D eigenvalue weighted by atomic mass is 9.76. The molecule has 2 aliphatic rings. The zero-order valence-electron chi connectivity index (χ0n) is 23.4. The van der Waals surface area contributed by atoms with Gasteiger partial charge in [-0.3, -0.25) is 24.2 Å². The fourth-order valence-electron chi connectivity index (χ4n) is 5.63. The summed E-state index contributed by atoms with van der Waals surface area (Å²) in [6, 6.07) is 1.68. The molecule has 1 aromatic carbocycles. The highest BCUT2D eigenvalue weighted by Gasteiger charge is 2.47. The molecule has 0 bridgehead atoms. The van der Waals surface area contributed by atoms with Crippen molar-refractivity contribution in [2.24, 2.45) is 11.8 Å². The maximum atomic E-state index is 14.7. The number of hydrogen-bond acceptors (Lipinski definition) is 7. The number of halogens is 4. The first-order chi connectivity index (χ1) is 20.5. The third kappa shape index (κ3) is 5.01. The van der Waals surface area contributed by atoms with E-state index in [1.54, 1.807) is 15.8 Å². The van der Waals surface area contributed by atoms with Crippen LogP contribution in [-0.2, 0) is 4.79 Å². The number of fused-ring (bicyclic) bond motifs is 1. The van der Waals surface area contributed by atoms with Gasteiger partial charge < -0.3 is 5.32 Å². The van der Waals surface area contributed by atoms with E-state index in [0.29, 0.717) is 29.7 Å². The number of carbonyl (C=O) groups is 2. The molecule has 43 heavy (non-hydrogen) atoms. The van der Waals surface area contributed by atoms with Crippen molar-refractivity contribution in [2.45, 2.75) is 46.1 Å². The van der Waals surface area contributed by atoms with Gasteiger partial charge in [-0.1, -0.05) is 17.7 Å². The summed E-state index contributed by atoms with van der Waals surface area (Å²) < 4.78 is 43.5. The van der Waals surface area contributed by atoms with Crippen LogP contribution in [0.25, 0.3) is 11.3 Å². The highest BCUT2D eigenvalue weighted by atomic mass is 35.5. The first-order valence-corrected chi connectivity index (χ1v) is 14.0. The summed E-state index contributed by atoms with van der Waals surface area (Å²) >= 11 is 5.82. The van der Waals surface area contributed by atoms with Gasteiger partial charge in [-0.05, 0) is 56.7 Å². The van der Waals surface area contributed by atoms with Crippen LogP contribution in [0.1, 0.15) is 65.1 Å². The standard InChI is InChI=1S/C29H26ClF3N8O2/c1-13-14(2)27(40-11-16-4-5-18(16)29(40)43)39-38-25(13)15(3)41-12-17(8-35-41)36-28(42)22-10-34-9-21(37-22)23-19(26(32)33)6-7-20(30)24(23)31/h6-10,12,15-16,18,26H,4-5,11H2,1-3H3,(H,36,42)/t15?,16-,18-/m1/s1. The molecule has 3 aromatic heterocycles. The molecule has 1 saturated carbocycles. The second kappa shape index (κ2) is 11.0. The van der Waals surface area contributed by atoms with Crippen molar-refractivity contribution in [3.8, 4) is 11.3 Å². The molecule has 0 spiro atoms. The lowest BCUT2D eigenvalue weighted by Gasteiger charge is -2.25. The third-order valence-electron chi connectivity index (χ3n) is 8.35. The summed E-state index contributed by atoms with van der Waals surface area (Å²) in [6.45, 7) is 6.40. The van der Waals surface area contributed by atoms with E-state index in [2.05, 4.69) is 30.6 Å². The normalized spacial score (nSPS) is 18.5. The Morgan fingerprint density at radius 2 is 1.91 bits per heavy atom. The molecule has 2 fully saturated rings. The Bertz CT molecular complexity index is 1760. The van der Waals surface area contributed by atoms with E-state index in [1.807, 2.05) is 20.8 Å². The van der Waals surface area contributed by atoms with E-state index < -0.39 is 29.3 Å². The van der Waals surface area contributed by atoms with E-state index in [-0.39, 0.29) is 34.3 Å². The lowest BCUT2D eigenvalue weighted by Crippen LogP contribution is -2.30. The maximum Gasteiger partial charge on any atom is 0.275 e. The first-order valence-electron chi connectivity index (χ1n) is 13.6. The summed E-state index contributed by atoms with van der Waals surface area (Å²) in [5, 5.41) is 15.5. The van der Waals surface area contributed by atoms with E-state index >= 15 is 0 Å². The molecule has 10 nitrogen and oxygen atoms in total. The van der Waals surface area contributed by atoms with Gasteiger partial charge in [0.25, 0.3) is 12.3 Å². The van der Waals surface area contributed by atoms with E-state index in [9.17, 15) is 22.8 Å². The maximum absolute atomic E-state index is 14.7. The molecule has 1 aliphatic heterocycles. The molecule has 4 aromatic rings. The van der Waals surface area contributed by atoms with E-state index in [4.69, 9.17) is 11.6 Å². The summed E-state index contributed by atoms with van der Waals surface area (Å²) in [4.78, 5) is 35.5. The Morgan fingerprint density at radius 3 is 2.58 bits per heavy atom. The van der Waals surface area contributed by atoms with Gasteiger partial charge in [0.1, 0.15) is 5.69 Å². The summed E-state index contributed by atoms with van der Waals surface area (Å²) in [7, 11) is 0. The van der Waals surface area contributed by atoms with Gasteiger partial charge in [-0.25, -0.2) is 18.2 Å². The fraction of sp³-hybridized carbons (Fsp3) is 0.345. The van der Waals surface area contributed by atoms with Crippen LogP contribution in [0, 0.1) is 31.5 Å². The van der Waals surface area contributed by atoms with Crippen LogP contribution in [0.5, 0.6) is 0 Å². The fourth-order valence-corrected chi connectivity index (χ4v) is 5.79. The van der Waals surface area contributed by atoms with Crippen LogP contribution in [0.3, 0.4) is 0 Å². The van der Waals surface area contributed by atoms with Crippen molar-refractivity contribution in [3.63, 3.8) is 0 Å². The molecule has 3 atom stereocenters. The minimum absolute atomic E-state index is 0.0966. The molecule has 6 rings (SSSR count). The van der Waals surface area contributed by atoms with Crippen LogP contribution in [0.4, 0.5) is 24.7 Å². The molecular weight excluding hydrogens is 585 g/mol. The zero-order chi connectivity index (χ0) is 30.6. The third-order valence-corrected chi connectivity index (χ3v) is 8.64. The van der Waals surface area contributed by atoms with Crippen molar-refractivity contribution in [1.82, 2.24) is 29.9 Å². The second-order valence-corrected chi connectivity index (χ2v) is 11.2. The van der Waals surface area contributed by atoms with Crippen LogP contribution in [0.15, 0.2) is 36.9 Å². The van der Waals surface area contributed by atoms with Gasteiger partial charge in [-0.2, -0.15) is 10.2 Å². The van der Waals surface area contributed by atoms with Gasteiger partial charge in [0.15, 0.2) is 11.6 Å². The predicted octanol–water partition coefficient (Wildman–Crippen LogP) is 5.71. The smallest absolute Gasteiger partial charge is 0.275 e. The van der Waals surface area contributed by atoms with Crippen LogP contribution in [-0.4, -0.2) is 48.3 Å². The Hall–Kier alpha value is -4.39. The van der Waals surface area contributed by atoms with Crippen LogP contribution >= 0.6 is 11.6 Å². The van der Waals surface area contributed by atoms with Crippen molar-refractivity contribution >= 4 is 34.9 Å². The monoisotopic (exact) mass is 610 g/mol. The quantitative estimate of drug-likeness (QED) is 0.285. The Morgan fingerprint density at radius 1 is 1.12 bits per heavy atom. The summed E-state index contributed by atoms with van der Waals surface area (Å²) in [5.41, 5.74) is 1.11. The minimum atomic E-state index is -3.00. The number of aromatic nitrogens is 6. The minimum Gasteiger partial charge on any atom is -0.318 e. The van der Waals surface area contributed by atoms with Gasteiger partial charge >= 0.3 is 0 Å². The van der Waals surface area contributed by atoms with E-state index in [0.717, 1.165) is 48.5 Å². The van der Waals surface area contributed by atoms with Crippen LogP contribution < -0.4 is 10.2 Å². The highest BCUT2D eigenvalue weighted by Crippen LogP contribution is 2.43.